The molecule has 32 heavy (non-hydrogen) atoms. The van der Waals surface area contributed by atoms with Gasteiger partial charge in [-0.2, -0.15) is 0 Å². The fraction of sp³-hybridized carbons (Fsp3) is 0.320. The molecule has 2 aromatic rings. The van der Waals surface area contributed by atoms with Gasteiger partial charge in [-0.05, 0) is 42.8 Å². The fourth-order valence-corrected chi connectivity index (χ4v) is 5.67. The van der Waals surface area contributed by atoms with Gasteiger partial charge in [0.1, 0.15) is 5.92 Å². The predicted octanol–water partition coefficient (Wildman–Crippen LogP) is 3.99. The van der Waals surface area contributed by atoms with E-state index in [1.165, 1.54) is 25.6 Å². The Morgan fingerprint density at radius 1 is 1.06 bits per heavy atom. The summed E-state index contributed by atoms with van der Waals surface area (Å²) < 4.78 is 10.1. The Hall–Kier alpha value is -3.19. The van der Waals surface area contributed by atoms with Crippen molar-refractivity contribution < 1.29 is 23.9 Å². The zero-order valence-electron chi connectivity index (χ0n) is 18.4. The average Bonchev–Trinajstić information content (AvgIpc) is 3.32. The maximum absolute atomic E-state index is 14.0. The first kappa shape index (κ1) is 22.0. The molecule has 3 atom stereocenters. The molecular weight excluding hydrogens is 426 g/mol. The van der Waals surface area contributed by atoms with Crippen LogP contribution in [-0.4, -0.2) is 31.9 Å². The van der Waals surface area contributed by atoms with Gasteiger partial charge in [0.25, 0.3) is 0 Å². The van der Waals surface area contributed by atoms with E-state index in [1.807, 2.05) is 55.6 Å². The zero-order chi connectivity index (χ0) is 23.0. The minimum atomic E-state index is -0.969. The van der Waals surface area contributed by atoms with Crippen molar-refractivity contribution in [2.75, 3.05) is 14.2 Å². The topological polar surface area (TPSA) is 81.7 Å². The molecule has 0 saturated carbocycles. The summed E-state index contributed by atoms with van der Waals surface area (Å²) in [5.41, 5.74) is 4.00. The molecule has 0 amide bonds. The van der Waals surface area contributed by atoms with Gasteiger partial charge < -0.3 is 14.8 Å². The van der Waals surface area contributed by atoms with Crippen LogP contribution in [0.15, 0.2) is 64.3 Å². The van der Waals surface area contributed by atoms with Crippen molar-refractivity contribution in [1.82, 2.24) is 5.32 Å². The van der Waals surface area contributed by atoms with Crippen LogP contribution >= 0.6 is 11.3 Å². The molecule has 0 fully saturated rings. The molecule has 1 N–H and O–H groups in total. The number of ether oxygens (including phenoxy) is 2. The van der Waals surface area contributed by atoms with Gasteiger partial charge in [0.15, 0.2) is 5.78 Å². The highest BCUT2D eigenvalue weighted by Crippen LogP contribution is 2.49. The first-order chi connectivity index (χ1) is 15.4. The first-order valence-electron chi connectivity index (χ1n) is 10.4. The number of ketones is 1. The molecule has 6 nitrogen and oxygen atoms in total. The van der Waals surface area contributed by atoms with Crippen LogP contribution in [0.25, 0.3) is 0 Å². The number of allylic oxidation sites excluding steroid dienone is 3. The Morgan fingerprint density at radius 3 is 2.44 bits per heavy atom. The van der Waals surface area contributed by atoms with Crippen LogP contribution in [0.5, 0.6) is 0 Å². The lowest BCUT2D eigenvalue weighted by molar-refractivity contribution is -0.149. The quantitative estimate of drug-likeness (QED) is 0.559. The molecular formula is C25H25NO5S. The zero-order valence-corrected chi connectivity index (χ0v) is 19.2. The van der Waals surface area contributed by atoms with E-state index in [4.69, 9.17) is 9.47 Å². The van der Waals surface area contributed by atoms with E-state index < -0.39 is 23.8 Å². The van der Waals surface area contributed by atoms with Gasteiger partial charge in [-0.15, -0.1) is 11.3 Å². The number of hydrogen-bond acceptors (Lipinski definition) is 7. The van der Waals surface area contributed by atoms with E-state index in [1.54, 1.807) is 0 Å². The largest absolute Gasteiger partial charge is 0.468 e. The van der Waals surface area contributed by atoms with Crippen molar-refractivity contribution in [3.8, 4) is 0 Å². The minimum Gasteiger partial charge on any atom is -0.468 e. The summed E-state index contributed by atoms with van der Waals surface area (Å²) in [4.78, 5) is 40.6. The Kier molecular flexibility index (Phi) is 6.02. The number of dihydropyridines is 1. The fourth-order valence-electron chi connectivity index (χ4n) is 4.80. The van der Waals surface area contributed by atoms with Crippen LogP contribution in [0.3, 0.4) is 0 Å². The minimum absolute atomic E-state index is 0.314. The lowest BCUT2D eigenvalue weighted by Crippen LogP contribution is -2.43. The van der Waals surface area contributed by atoms with Gasteiger partial charge in [0.2, 0.25) is 0 Å². The van der Waals surface area contributed by atoms with Gasteiger partial charge >= 0.3 is 11.9 Å². The molecule has 0 bridgehead atoms. The maximum atomic E-state index is 14.0. The second kappa shape index (κ2) is 8.74. The monoisotopic (exact) mass is 451 g/mol. The molecule has 1 aromatic heterocycles. The third-order valence-corrected chi connectivity index (χ3v) is 7.29. The lowest BCUT2D eigenvalue weighted by atomic mass is 9.68. The Balaban J connectivity index is 1.93. The highest BCUT2D eigenvalue weighted by molar-refractivity contribution is 7.10. The third-order valence-electron chi connectivity index (χ3n) is 6.29. The number of carbonyl (C=O) groups is 3. The SMILES string of the molecule is COC(=O)C1=C(C)NC2=C(C(=O)[C@@H](C(=O)OC)[C@@H](c3cccs3)C2)[C@@H]1c1ccccc1C. The number of hydrogen-bond donors (Lipinski definition) is 1. The number of methoxy groups -OCH3 is 2. The van der Waals surface area contributed by atoms with Crippen LogP contribution in [-0.2, 0) is 23.9 Å². The van der Waals surface area contributed by atoms with Crippen molar-refractivity contribution in [2.24, 2.45) is 5.92 Å². The molecule has 0 radical (unpaired) electrons. The standard InChI is InChI=1S/C25H25NO5S/c1-13-8-5-6-9-15(13)20-19(24(28)30-3)14(2)26-17-12-16(18-10-7-11-32-18)21(25(29)31-4)23(27)22(17)20/h5-11,16,20-21,26H,12H2,1-4H3/t16-,20-,21+/m1/s1. The van der Waals surface area contributed by atoms with Crippen LogP contribution in [0, 0.1) is 12.8 Å². The second-order valence-electron chi connectivity index (χ2n) is 8.03. The molecule has 0 unspecified atom stereocenters. The third kappa shape index (κ3) is 3.56. The Morgan fingerprint density at radius 2 is 1.81 bits per heavy atom. The number of thiophene rings is 1. The van der Waals surface area contributed by atoms with Gasteiger partial charge in [-0.1, -0.05) is 30.3 Å². The van der Waals surface area contributed by atoms with E-state index in [0.717, 1.165) is 21.7 Å². The van der Waals surface area contributed by atoms with Crippen LogP contribution in [0.2, 0.25) is 0 Å². The summed E-state index contributed by atoms with van der Waals surface area (Å²) in [5.74, 6) is -3.30. The van der Waals surface area contributed by atoms with Gasteiger partial charge in [0.05, 0.1) is 19.8 Å². The summed E-state index contributed by atoms with van der Waals surface area (Å²) in [7, 11) is 2.63. The molecule has 1 aliphatic heterocycles. The summed E-state index contributed by atoms with van der Waals surface area (Å²) >= 11 is 1.52. The molecule has 7 heteroatoms. The van der Waals surface area contributed by atoms with Gasteiger partial charge in [-0.25, -0.2) is 4.79 Å². The smallest absolute Gasteiger partial charge is 0.336 e. The summed E-state index contributed by atoms with van der Waals surface area (Å²) in [6.45, 7) is 3.76. The number of rotatable bonds is 4. The van der Waals surface area contributed by atoms with E-state index in [-0.39, 0.29) is 11.7 Å². The maximum Gasteiger partial charge on any atom is 0.336 e. The van der Waals surface area contributed by atoms with Crippen LogP contribution < -0.4 is 5.32 Å². The van der Waals surface area contributed by atoms with Crippen LogP contribution in [0.4, 0.5) is 0 Å². The van der Waals surface area contributed by atoms with Crippen LogP contribution in [0.1, 0.15) is 41.2 Å². The van der Waals surface area contributed by atoms with Gasteiger partial charge in [0, 0.05) is 33.7 Å². The number of aryl methyl sites for hydroxylation is 1. The number of esters is 2. The van der Waals surface area contributed by atoms with Crippen molar-refractivity contribution in [3.05, 3.63) is 80.3 Å². The van der Waals surface area contributed by atoms with Crippen molar-refractivity contribution in [2.45, 2.75) is 32.1 Å². The average molecular weight is 452 g/mol. The van der Waals surface area contributed by atoms with E-state index >= 15 is 0 Å². The molecule has 0 saturated heterocycles. The first-order valence-corrected chi connectivity index (χ1v) is 11.3. The molecule has 1 aromatic carbocycles. The second-order valence-corrected chi connectivity index (χ2v) is 9.01. The van der Waals surface area contributed by atoms with E-state index in [0.29, 0.717) is 23.3 Å². The highest BCUT2D eigenvalue weighted by atomic mass is 32.1. The summed E-state index contributed by atoms with van der Waals surface area (Å²) in [5, 5.41) is 5.23. The Labute approximate surface area is 190 Å². The van der Waals surface area contributed by atoms with E-state index in [9.17, 15) is 14.4 Å². The molecule has 4 rings (SSSR count). The highest BCUT2D eigenvalue weighted by Gasteiger charge is 2.49. The van der Waals surface area contributed by atoms with Gasteiger partial charge in [-0.3, -0.25) is 9.59 Å². The number of nitrogens with one attached hydrogen (secondary N) is 1. The number of carbonyl (C=O) groups excluding carboxylic acids is 3. The van der Waals surface area contributed by atoms with Crippen molar-refractivity contribution in [3.63, 3.8) is 0 Å². The summed E-state index contributed by atoms with van der Waals surface area (Å²) in [6.07, 6.45) is 0.468. The number of benzene rings is 1. The molecule has 2 heterocycles. The van der Waals surface area contributed by atoms with E-state index in [2.05, 4.69) is 5.32 Å². The molecule has 0 spiro atoms. The lowest BCUT2D eigenvalue weighted by Gasteiger charge is -2.39. The predicted molar refractivity (Wildman–Crippen MR) is 121 cm³/mol. The van der Waals surface area contributed by atoms with Crippen molar-refractivity contribution >= 4 is 29.1 Å². The molecule has 2 aliphatic rings. The van der Waals surface area contributed by atoms with Crippen molar-refractivity contribution in [1.29, 1.82) is 0 Å². The normalized spacial score (nSPS) is 22.9. The molecule has 1 aliphatic carbocycles. The Bertz CT molecular complexity index is 1140. The molecule has 166 valence electrons. The number of Topliss-reactive ketones (excluding diaryl/α,β-unsaturated/α-hetero) is 1. The summed E-state index contributed by atoms with van der Waals surface area (Å²) in [6, 6.07) is 11.5.